The van der Waals surface area contributed by atoms with Crippen molar-refractivity contribution < 1.29 is 13.9 Å². The maximum atomic E-state index is 14.0. The predicted octanol–water partition coefficient (Wildman–Crippen LogP) is 1.02. The number of likely N-dealkylation sites (N-methyl/N-ethyl adjacent to an activating group) is 1. The highest BCUT2D eigenvalue weighted by Gasteiger charge is 2.30. The number of hydrogen-bond donors (Lipinski definition) is 2. The van der Waals surface area contributed by atoms with Gasteiger partial charge in [-0.1, -0.05) is 6.92 Å². The minimum absolute atomic E-state index is 0.113. The summed E-state index contributed by atoms with van der Waals surface area (Å²) in [6.07, 6.45) is 1.31. The number of carbonyl (C=O) groups is 1. The summed E-state index contributed by atoms with van der Waals surface area (Å²) >= 11 is 0. The van der Waals surface area contributed by atoms with Gasteiger partial charge in [0.2, 0.25) is 0 Å². The zero-order valence-electron chi connectivity index (χ0n) is 10.9. The van der Waals surface area contributed by atoms with Gasteiger partial charge in [-0.05, 0) is 31.0 Å². The van der Waals surface area contributed by atoms with E-state index in [0.29, 0.717) is 37.1 Å². The first-order valence-electron chi connectivity index (χ1n) is 6.69. The van der Waals surface area contributed by atoms with Crippen LogP contribution in [0, 0.1) is 5.82 Å². The molecule has 4 nitrogen and oxygen atoms in total. The van der Waals surface area contributed by atoms with Gasteiger partial charge >= 0.3 is 0 Å². The standard InChI is InChI=1S/C14H17FN2O2/c1-2-16-9-6-10-12-8(3-4-17-14(12)18)5-11(15)13(10)19-7-9/h5,9,16H,2-4,6-7H2,1H3,(H,17,18). The lowest BCUT2D eigenvalue weighted by atomic mass is 9.89. The van der Waals surface area contributed by atoms with Crippen LogP contribution in [0.1, 0.15) is 28.4 Å². The fourth-order valence-electron chi connectivity index (χ4n) is 2.88. The molecule has 1 aromatic carbocycles. The molecule has 0 bridgehead atoms. The molecule has 102 valence electrons. The lowest BCUT2D eigenvalue weighted by Crippen LogP contribution is -2.41. The third-order valence-corrected chi connectivity index (χ3v) is 3.69. The van der Waals surface area contributed by atoms with Crippen LogP contribution in [0.2, 0.25) is 0 Å². The first-order valence-corrected chi connectivity index (χ1v) is 6.69. The average Bonchev–Trinajstić information content (AvgIpc) is 2.39. The van der Waals surface area contributed by atoms with Crippen molar-refractivity contribution in [1.29, 1.82) is 0 Å². The minimum Gasteiger partial charge on any atom is -0.489 e. The third-order valence-electron chi connectivity index (χ3n) is 3.69. The molecule has 2 heterocycles. The van der Waals surface area contributed by atoms with E-state index in [-0.39, 0.29) is 23.5 Å². The molecular formula is C14H17FN2O2. The highest BCUT2D eigenvalue weighted by molar-refractivity contribution is 5.99. The molecule has 1 aromatic rings. The number of hydrogen-bond acceptors (Lipinski definition) is 3. The van der Waals surface area contributed by atoms with Gasteiger partial charge in [0.25, 0.3) is 5.91 Å². The molecule has 0 spiro atoms. The van der Waals surface area contributed by atoms with Gasteiger partial charge in [-0.2, -0.15) is 0 Å². The Bertz CT molecular complexity index is 531. The maximum absolute atomic E-state index is 14.0. The number of fused-ring (bicyclic) bond motifs is 3. The van der Waals surface area contributed by atoms with Crippen LogP contribution in [-0.4, -0.2) is 31.6 Å². The van der Waals surface area contributed by atoms with Crippen molar-refractivity contribution >= 4 is 5.91 Å². The average molecular weight is 264 g/mol. The highest BCUT2D eigenvalue weighted by Crippen LogP contribution is 2.34. The second-order valence-corrected chi connectivity index (χ2v) is 4.98. The molecule has 0 saturated heterocycles. The second kappa shape index (κ2) is 4.81. The van der Waals surface area contributed by atoms with E-state index < -0.39 is 0 Å². The molecule has 1 atom stereocenters. The SMILES string of the molecule is CCNC1COc2c(F)cc3c(c2C1)C(=O)NCC3. The van der Waals surface area contributed by atoms with E-state index in [1.807, 2.05) is 6.92 Å². The van der Waals surface area contributed by atoms with Crippen LogP contribution in [0.3, 0.4) is 0 Å². The molecule has 0 fully saturated rings. The second-order valence-electron chi connectivity index (χ2n) is 4.98. The molecule has 0 saturated carbocycles. The first-order chi connectivity index (χ1) is 9.20. The third kappa shape index (κ3) is 2.08. The van der Waals surface area contributed by atoms with E-state index in [0.717, 1.165) is 12.1 Å². The molecule has 2 aliphatic rings. The van der Waals surface area contributed by atoms with Crippen molar-refractivity contribution in [3.8, 4) is 5.75 Å². The number of nitrogens with one attached hydrogen (secondary N) is 2. The summed E-state index contributed by atoms with van der Waals surface area (Å²) in [6, 6.07) is 1.58. The topological polar surface area (TPSA) is 50.4 Å². The van der Waals surface area contributed by atoms with Gasteiger partial charge in [-0.25, -0.2) is 4.39 Å². The van der Waals surface area contributed by atoms with Crippen LogP contribution in [0.4, 0.5) is 4.39 Å². The minimum atomic E-state index is -0.349. The van der Waals surface area contributed by atoms with Gasteiger partial charge in [0.05, 0.1) is 0 Å². The Morgan fingerprint density at radius 1 is 1.58 bits per heavy atom. The van der Waals surface area contributed by atoms with E-state index >= 15 is 0 Å². The number of benzene rings is 1. The van der Waals surface area contributed by atoms with Gasteiger partial charge in [0, 0.05) is 23.7 Å². The highest BCUT2D eigenvalue weighted by atomic mass is 19.1. The van der Waals surface area contributed by atoms with Crippen molar-refractivity contribution in [2.24, 2.45) is 0 Å². The summed E-state index contributed by atoms with van der Waals surface area (Å²) in [5.41, 5.74) is 2.12. The molecule has 0 aromatic heterocycles. The number of amides is 1. The Morgan fingerprint density at radius 3 is 3.21 bits per heavy atom. The summed E-state index contributed by atoms with van der Waals surface area (Å²) in [5, 5.41) is 6.10. The molecule has 19 heavy (non-hydrogen) atoms. The van der Waals surface area contributed by atoms with Crippen molar-refractivity contribution in [2.45, 2.75) is 25.8 Å². The molecule has 3 rings (SSSR count). The van der Waals surface area contributed by atoms with E-state index in [4.69, 9.17) is 4.74 Å². The number of rotatable bonds is 2. The Labute approximate surface area is 111 Å². The van der Waals surface area contributed by atoms with Gasteiger partial charge < -0.3 is 15.4 Å². The quantitative estimate of drug-likeness (QED) is 0.838. The molecule has 0 aliphatic carbocycles. The van der Waals surface area contributed by atoms with Gasteiger partial charge in [0.15, 0.2) is 11.6 Å². The van der Waals surface area contributed by atoms with Crippen molar-refractivity contribution in [2.75, 3.05) is 19.7 Å². The summed E-state index contributed by atoms with van der Waals surface area (Å²) in [5.74, 6) is -0.207. The van der Waals surface area contributed by atoms with Gasteiger partial charge in [-0.15, -0.1) is 0 Å². The van der Waals surface area contributed by atoms with Crippen molar-refractivity contribution in [3.63, 3.8) is 0 Å². The van der Waals surface area contributed by atoms with Crippen LogP contribution in [0.15, 0.2) is 6.07 Å². The number of ether oxygens (including phenoxy) is 1. The molecular weight excluding hydrogens is 247 g/mol. The number of halogens is 1. The summed E-state index contributed by atoms with van der Waals surface area (Å²) in [6.45, 7) is 3.86. The molecule has 1 unspecified atom stereocenters. The fourth-order valence-corrected chi connectivity index (χ4v) is 2.88. The zero-order valence-corrected chi connectivity index (χ0v) is 10.9. The van der Waals surface area contributed by atoms with E-state index in [1.165, 1.54) is 6.07 Å². The Balaban J connectivity index is 2.07. The molecule has 5 heteroatoms. The largest absolute Gasteiger partial charge is 0.489 e. The summed E-state index contributed by atoms with van der Waals surface area (Å²) < 4.78 is 19.5. The zero-order chi connectivity index (χ0) is 13.4. The molecule has 1 amide bonds. The van der Waals surface area contributed by atoms with E-state index in [1.54, 1.807) is 0 Å². The van der Waals surface area contributed by atoms with Crippen molar-refractivity contribution in [1.82, 2.24) is 10.6 Å². The van der Waals surface area contributed by atoms with Gasteiger partial charge in [-0.3, -0.25) is 4.79 Å². The van der Waals surface area contributed by atoms with E-state index in [2.05, 4.69) is 10.6 Å². The molecule has 0 radical (unpaired) electrons. The van der Waals surface area contributed by atoms with Crippen molar-refractivity contribution in [3.05, 3.63) is 28.6 Å². The lowest BCUT2D eigenvalue weighted by Gasteiger charge is -2.30. The van der Waals surface area contributed by atoms with Crippen LogP contribution in [0.5, 0.6) is 5.75 Å². The van der Waals surface area contributed by atoms with Crippen LogP contribution >= 0.6 is 0 Å². The molecule has 2 N–H and O–H groups in total. The normalized spacial score (nSPS) is 21.2. The summed E-state index contributed by atoms with van der Waals surface area (Å²) in [4.78, 5) is 12.0. The van der Waals surface area contributed by atoms with Gasteiger partial charge in [0.1, 0.15) is 6.61 Å². The van der Waals surface area contributed by atoms with E-state index in [9.17, 15) is 9.18 Å². The Morgan fingerprint density at radius 2 is 2.42 bits per heavy atom. The van der Waals surface area contributed by atoms with Crippen LogP contribution < -0.4 is 15.4 Å². The monoisotopic (exact) mass is 264 g/mol. The Kier molecular flexibility index (Phi) is 3.14. The number of carbonyl (C=O) groups excluding carboxylic acids is 1. The predicted molar refractivity (Wildman–Crippen MR) is 69.1 cm³/mol. The summed E-state index contributed by atoms with van der Waals surface area (Å²) in [7, 11) is 0. The smallest absolute Gasteiger partial charge is 0.251 e. The molecule has 2 aliphatic heterocycles. The maximum Gasteiger partial charge on any atom is 0.251 e. The fraction of sp³-hybridized carbons (Fsp3) is 0.500. The van der Waals surface area contributed by atoms with Crippen LogP contribution in [0.25, 0.3) is 0 Å². The van der Waals surface area contributed by atoms with Crippen LogP contribution in [-0.2, 0) is 12.8 Å². The first kappa shape index (κ1) is 12.4. The lowest BCUT2D eigenvalue weighted by molar-refractivity contribution is 0.0942. The Hall–Kier alpha value is -1.62.